The van der Waals surface area contributed by atoms with E-state index in [0.717, 1.165) is 11.1 Å². The molecule has 0 aliphatic heterocycles. The van der Waals surface area contributed by atoms with Crippen molar-refractivity contribution in [2.24, 2.45) is 0 Å². The van der Waals surface area contributed by atoms with Gasteiger partial charge < -0.3 is 10.6 Å². The summed E-state index contributed by atoms with van der Waals surface area (Å²) in [6.07, 6.45) is 0.729. The summed E-state index contributed by atoms with van der Waals surface area (Å²) in [5.41, 5.74) is 3.03. The molecule has 3 aromatic carbocycles. The highest BCUT2D eigenvalue weighted by atomic mass is 32.2. The number of hydrogen-bond donors (Lipinski definition) is 3. The second-order valence-electron chi connectivity index (χ2n) is 7.70. The van der Waals surface area contributed by atoms with Crippen molar-refractivity contribution >= 4 is 33.2 Å². The molecule has 0 aromatic heterocycles. The number of amides is 2. The van der Waals surface area contributed by atoms with Gasteiger partial charge in [-0.05, 0) is 60.9 Å². The Morgan fingerprint density at radius 1 is 0.818 bits per heavy atom. The zero-order valence-corrected chi connectivity index (χ0v) is 19.4. The third-order valence-corrected chi connectivity index (χ3v) is 6.55. The highest BCUT2D eigenvalue weighted by molar-refractivity contribution is 7.89. The molecule has 0 heterocycles. The number of carbonyl (C=O) groups excluding carboxylic acids is 2. The van der Waals surface area contributed by atoms with Gasteiger partial charge in [0.1, 0.15) is 0 Å². The number of anilines is 2. The molecule has 33 heavy (non-hydrogen) atoms. The van der Waals surface area contributed by atoms with Gasteiger partial charge in [0.25, 0.3) is 0 Å². The second-order valence-corrected chi connectivity index (χ2v) is 9.42. The normalized spacial score (nSPS) is 12.1. The van der Waals surface area contributed by atoms with Crippen LogP contribution < -0.4 is 15.4 Å². The van der Waals surface area contributed by atoms with Crippen LogP contribution >= 0.6 is 0 Å². The van der Waals surface area contributed by atoms with Gasteiger partial charge in [-0.1, -0.05) is 42.5 Å². The minimum atomic E-state index is -3.66. The van der Waals surface area contributed by atoms with Crippen molar-refractivity contribution in [2.45, 2.75) is 37.6 Å². The first-order valence-electron chi connectivity index (χ1n) is 10.6. The Balaban J connectivity index is 1.52. The Bertz CT molecular complexity index is 1190. The first kappa shape index (κ1) is 24.2. The summed E-state index contributed by atoms with van der Waals surface area (Å²) in [6, 6.07) is 22.4. The average molecular weight is 466 g/mol. The SMILES string of the molecule is CC(=O)Nc1ccc(NC(=O)CCc2ccc(S(=O)(=O)N[C@@H](C)c3ccccc3)cc2)cc1. The smallest absolute Gasteiger partial charge is 0.241 e. The number of benzene rings is 3. The molecule has 0 spiro atoms. The largest absolute Gasteiger partial charge is 0.326 e. The standard InChI is InChI=1S/C25H27N3O4S/c1-18(21-6-4-3-5-7-21)28-33(31,32)24-15-8-20(9-16-24)10-17-25(30)27-23-13-11-22(12-14-23)26-19(2)29/h3-9,11-16,18,28H,10,17H2,1-2H3,(H,26,29)(H,27,30)/t18-/m0/s1. The van der Waals surface area contributed by atoms with Gasteiger partial charge in [0.05, 0.1) is 4.90 Å². The number of carbonyl (C=O) groups is 2. The first-order chi connectivity index (χ1) is 15.7. The molecule has 0 aliphatic rings. The molecule has 7 nitrogen and oxygen atoms in total. The molecule has 3 rings (SSSR count). The molecule has 2 amide bonds. The third-order valence-electron chi connectivity index (χ3n) is 4.99. The Hall–Kier alpha value is -3.49. The van der Waals surface area contributed by atoms with E-state index in [1.165, 1.54) is 6.92 Å². The highest BCUT2D eigenvalue weighted by Crippen LogP contribution is 2.18. The van der Waals surface area contributed by atoms with Gasteiger partial charge in [-0.15, -0.1) is 0 Å². The molecule has 172 valence electrons. The first-order valence-corrected chi connectivity index (χ1v) is 12.0. The number of sulfonamides is 1. The summed E-state index contributed by atoms with van der Waals surface area (Å²) in [4.78, 5) is 23.5. The maximum absolute atomic E-state index is 12.7. The number of rotatable bonds is 9. The Morgan fingerprint density at radius 3 is 1.97 bits per heavy atom. The van der Waals surface area contributed by atoms with Crippen molar-refractivity contribution in [3.05, 3.63) is 90.0 Å². The van der Waals surface area contributed by atoms with Gasteiger partial charge in [0, 0.05) is 30.8 Å². The monoisotopic (exact) mass is 465 g/mol. The summed E-state index contributed by atoms with van der Waals surface area (Å²) < 4.78 is 28.0. The molecular formula is C25H27N3O4S. The molecule has 1 atom stereocenters. The van der Waals surface area contributed by atoms with Crippen molar-refractivity contribution in [2.75, 3.05) is 10.6 Å². The third kappa shape index (κ3) is 7.27. The fourth-order valence-electron chi connectivity index (χ4n) is 3.27. The summed E-state index contributed by atoms with van der Waals surface area (Å²) in [6.45, 7) is 3.23. The van der Waals surface area contributed by atoms with Crippen LogP contribution in [0.25, 0.3) is 0 Å². The van der Waals surface area contributed by atoms with Gasteiger partial charge >= 0.3 is 0 Å². The predicted molar refractivity (Wildman–Crippen MR) is 129 cm³/mol. The van der Waals surface area contributed by atoms with Crippen LogP contribution in [0.3, 0.4) is 0 Å². The van der Waals surface area contributed by atoms with Gasteiger partial charge in [0.15, 0.2) is 0 Å². The molecule has 0 fully saturated rings. The number of nitrogens with one attached hydrogen (secondary N) is 3. The van der Waals surface area contributed by atoms with Crippen LogP contribution in [0, 0.1) is 0 Å². The van der Waals surface area contributed by atoms with Crippen LogP contribution in [0.4, 0.5) is 11.4 Å². The van der Waals surface area contributed by atoms with E-state index in [1.807, 2.05) is 30.3 Å². The van der Waals surface area contributed by atoms with Gasteiger partial charge in [-0.2, -0.15) is 0 Å². The fraction of sp³-hybridized carbons (Fsp3) is 0.200. The van der Waals surface area contributed by atoms with Crippen LogP contribution in [0.5, 0.6) is 0 Å². The average Bonchev–Trinajstić information content (AvgIpc) is 2.79. The maximum Gasteiger partial charge on any atom is 0.241 e. The second kappa shape index (κ2) is 10.9. The number of aryl methyl sites for hydroxylation is 1. The summed E-state index contributed by atoms with van der Waals surface area (Å²) >= 11 is 0. The summed E-state index contributed by atoms with van der Waals surface area (Å²) in [5.74, 6) is -0.315. The van der Waals surface area contributed by atoms with Crippen molar-refractivity contribution in [1.29, 1.82) is 0 Å². The van der Waals surface area contributed by atoms with Gasteiger partial charge in [0.2, 0.25) is 21.8 Å². The minimum Gasteiger partial charge on any atom is -0.326 e. The van der Waals surface area contributed by atoms with E-state index in [4.69, 9.17) is 0 Å². The van der Waals surface area contributed by atoms with Crippen LogP contribution in [0.2, 0.25) is 0 Å². The van der Waals surface area contributed by atoms with Gasteiger partial charge in [-0.3, -0.25) is 9.59 Å². The summed E-state index contributed by atoms with van der Waals surface area (Å²) in [7, 11) is -3.66. The lowest BCUT2D eigenvalue weighted by Crippen LogP contribution is -2.26. The topological polar surface area (TPSA) is 104 Å². The van der Waals surface area contributed by atoms with Crippen LogP contribution in [0.15, 0.2) is 83.8 Å². The Morgan fingerprint density at radius 2 is 1.39 bits per heavy atom. The zero-order valence-electron chi connectivity index (χ0n) is 18.5. The Labute approximate surface area is 194 Å². The van der Waals surface area contributed by atoms with E-state index >= 15 is 0 Å². The van der Waals surface area contributed by atoms with Crippen molar-refractivity contribution < 1.29 is 18.0 Å². The van der Waals surface area contributed by atoms with E-state index in [2.05, 4.69) is 15.4 Å². The van der Waals surface area contributed by atoms with E-state index in [-0.39, 0.29) is 29.2 Å². The van der Waals surface area contributed by atoms with Crippen LogP contribution in [0.1, 0.15) is 37.4 Å². The lowest BCUT2D eigenvalue weighted by molar-refractivity contribution is -0.116. The molecule has 0 saturated heterocycles. The van der Waals surface area contributed by atoms with Crippen molar-refractivity contribution in [1.82, 2.24) is 4.72 Å². The predicted octanol–water partition coefficient (Wildman–Crippen LogP) is 4.26. The molecule has 0 unspecified atom stereocenters. The van der Waals surface area contributed by atoms with E-state index in [1.54, 1.807) is 55.5 Å². The van der Waals surface area contributed by atoms with Crippen molar-refractivity contribution in [3.63, 3.8) is 0 Å². The molecule has 8 heteroatoms. The molecular weight excluding hydrogens is 438 g/mol. The lowest BCUT2D eigenvalue weighted by atomic mass is 10.1. The van der Waals surface area contributed by atoms with Crippen LogP contribution in [-0.4, -0.2) is 20.2 Å². The van der Waals surface area contributed by atoms with Gasteiger partial charge in [-0.25, -0.2) is 13.1 Å². The quantitative estimate of drug-likeness (QED) is 0.439. The molecule has 3 N–H and O–H groups in total. The van der Waals surface area contributed by atoms with Crippen molar-refractivity contribution in [3.8, 4) is 0 Å². The number of hydrogen-bond acceptors (Lipinski definition) is 4. The van der Waals surface area contributed by atoms with E-state index in [0.29, 0.717) is 17.8 Å². The highest BCUT2D eigenvalue weighted by Gasteiger charge is 2.18. The Kier molecular flexibility index (Phi) is 7.97. The lowest BCUT2D eigenvalue weighted by Gasteiger charge is -2.15. The van der Waals surface area contributed by atoms with E-state index < -0.39 is 10.0 Å². The maximum atomic E-state index is 12.7. The molecule has 0 bridgehead atoms. The molecule has 0 aliphatic carbocycles. The van der Waals surface area contributed by atoms with E-state index in [9.17, 15) is 18.0 Å². The molecule has 0 saturated carbocycles. The molecule has 3 aromatic rings. The zero-order chi connectivity index (χ0) is 23.8. The minimum absolute atomic E-state index is 0.155. The fourth-order valence-corrected chi connectivity index (χ4v) is 4.50. The van der Waals surface area contributed by atoms with Crippen LogP contribution in [-0.2, 0) is 26.0 Å². The summed E-state index contributed by atoms with van der Waals surface area (Å²) in [5, 5.41) is 5.47. The molecule has 0 radical (unpaired) electrons.